The van der Waals surface area contributed by atoms with Crippen LogP contribution in [0.15, 0.2) is 40.4 Å². The summed E-state index contributed by atoms with van der Waals surface area (Å²) < 4.78 is 5.88. The third kappa shape index (κ3) is 4.05. The van der Waals surface area contributed by atoms with Gasteiger partial charge in [-0.3, -0.25) is 30.0 Å². The molecule has 1 fully saturated rings. The van der Waals surface area contributed by atoms with Crippen LogP contribution in [-0.2, 0) is 5.41 Å². The van der Waals surface area contributed by atoms with Crippen LogP contribution in [-0.4, -0.2) is 98.1 Å². The Hall–Kier alpha value is -4.70. The minimum absolute atomic E-state index is 0.0229. The monoisotopic (exact) mass is 581 g/mol. The minimum Gasteiger partial charge on any atom is -0.492 e. The normalized spacial score (nSPS) is 28.2. The fraction of sp³-hybridized carbons (Fsp3) is 0.462. The van der Waals surface area contributed by atoms with Crippen molar-refractivity contribution in [3.05, 3.63) is 57.8 Å². The molecule has 4 atom stereocenters. The molecule has 222 valence electrons. The molecule has 2 unspecified atom stereocenters. The van der Waals surface area contributed by atoms with E-state index < -0.39 is 46.9 Å². The first-order valence-corrected chi connectivity index (χ1v) is 13.5. The number of ether oxygens (including phenoxy) is 1. The largest absolute Gasteiger partial charge is 0.492 e. The maximum absolute atomic E-state index is 13.6. The van der Waals surface area contributed by atoms with Crippen LogP contribution >= 0.6 is 0 Å². The van der Waals surface area contributed by atoms with Crippen molar-refractivity contribution in [2.45, 2.75) is 55.3 Å². The third-order valence-electron chi connectivity index (χ3n) is 8.53. The summed E-state index contributed by atoms with van der Waals surface area (Å²) in [4.78, 5) is 52.9. The van der Waals surface area contributed by atoms with Crippen LogP contribution < -0.4 is 42.7 Å². The van der Waals surface area contributed by atoms with Gasteiger partial charge >= 0.3 is 5.96 Å². The van der Waals surface area contributed by atoms with Gasteiger partial charge in [-0.1, -0.05) is 26.0 Å². The van der Waals surface area contributed by atoms with Gasteiger partial charge in [-0.05, 0) is 17.9 Å². The van der Waals surface area contributed by atoms with Crippen molar-refractivity contribution in [2.75, 3.05) is 19.7 Å². The molecule has 6 rings (SSSR count). The fourth-order valence-electron chi connectivity index (χ4n) is 6.30. The lowest BCUT2D eigenvalue weighted by Gasteiger charge is -2.46. The second kappa shape index (κ2) is 9.42. The first-order chi connectivity index (χ1) is 19.8. The lowest BCUT2D eigenvalue weighted by atomic mass is 9.79. The molecule has 2 aromatic rings. The highest BCUT2D eigenvalue weighted by atomic mass is 16.5. The van der Waals surface area contributed by atoms with Crippen molar-refractivity contribution in [2.24, 2.45) is 16.5 Å². The number of aliphatic imine (C=N–C) groups is 1. The number of aromatic nitrogens is 2. The zero-order valence-electron chi connectivity index (χ0n) is 23.0. The van der Waals surface area contributed by atoms with Gasteiger partial charge in [-0.25, -0.2) is 15.3 Å². The Morgan fingerprint density at radius 1 is 1.26 bits per heavy atom. The van der Waals surface area contributed by atoms with Gasteiger partial charge in [0.15, 0.2) is 12.0 Å². The highest BCUT2D eigenvalue weighted by Gasteiger charge is 2.76. The van der Waals surface area contributed by atoms with E-state index in [1.54, 1.807) is 12.1 Å². The number of carbonyl (C=O) groups is 2. The Morgan fingerprint density at radius 3 is 2.81 bits per heavy atom. The number of nitrogens with zero attached hydrogens (tertiary/aromatic N) is 3. The van der Waals surface area contributed by atoms with Crippen molar-refractivity contribution in [1.29, 1.82) is 0 Å². The van der Waals surface area contributed by atoms with Gasteiger partial charge in [0, 0.05) is 18.2 Å². The number of guanidine groups is 2. The molecule has 0 saturated carbocycles. The molecule has 1 aromatic heterocycles. The molecule has 16 heteroatoms. The van der Waals surface area contributed by atoms with Crippen LogP contribution in [0.25, 0.3) is 0 Å². The minimum atomic E-state index is -2.63. The summed E-state index contributed by atoms with van der Waals surface area (Å²) in [7, 11) is 0. The zero-order chi connectivity index (χ0) is 30.0. The number of aromatic amines is 1. The number of H-pyrrole nitrogens is 1. The zero-order valence-corrected chi connectivity index (χ0v) is 23.0. The Balaban J connectivity index is 1.26. The topological polar surface area (TPSA) is 247 Å². The van der Waals surface area contributed by atoms with Gasteiger partial charge in [-0.15, -0.1) is 0 Å². The summed E-state index contributed by atoms with van der Waals surface area (Å²) in [6.07, 6.45) is 1.90. The summed E-state index contributed by atoms with van der Waals surface area (Å²) in [5.74, 6) is -3.40. The van der Waals surface area contributed by atoms with E-state index in [-0.39, 0.29) is 41.7 Å². The van der Waals surface area contributed by atoms with Gasteiger partial charge in [0.1, 0.15) is 23.5 Å². The second-order valence-electron chi connectivity index (χ2n) is 11.5. The maximum Gasteiger partial charge on any atom is 0.343 e. The fourth-order valence-corrected chi connectivity index (χ4v) is 6.30. The molecule has 0 bridgehead atoms. The van der Waals surface area contributed by atoms with E-state index in [2.05, 4.69) is 49.8 Å². The summed E-state index contributed by atoms with van der Waals surface area (Å²) in [6.45, 7) is 4.36. The average Bonchev–Trinajstić information content (AvgIpc) is 3.40. The number of hydrogen-bond donors (Lipinski definition) is 9. The Kier molecular flexibility index (Phi) is 6.16. The molecule has 4 aliphatic heterocycles. The van der Waals surface area contributed by atoms with Gasteiger partial charge in [0.2, 0.25) is 5.79 Å². The van der Waals surface area contributed by atoms with E-state index in [0.717, 1.165) is 24.4 Å². The van der Waals surface area contributed by atoms with Crippen LogP contribution in [0.5, 0.6) is 5.75 Å². The quantitative estimate of drug-likeness (QED) is 0.151. The number of para-hydroxylation sites is 1. The van der Waals surface area contributed by atoms with Crippen molar-refractivity contribution in [3.63, 3.8) is 0 Å². The summed E-state index contributed by atoms with van der Waals surface area (Å²) in [5, 5.41) is 31.8. The lowest BCUT2D eigenvalue weighted by Crippen LogP contribution is -2.90. The van der Waals surface area contributed by atoms with Crippen molar-refractivity contribution < 1.29 is 29.5 Å². The first-order valence-electron chi connectivity index (χ1n) is 13.5. The van der Waals surface area contributed by atoms with E-state index in [1.165, 1.54) is 4.90 Å². The Morgan fingerprint density at radius 2 is 2.05 bits per heavy atom. The van der Waals surface area contributed by atoms with Gasteiger partial charge < -0.3 is 36.3 Å². The second-order valence-corrected chi connectivity index (χ2v) is 11.5. The number of amides is 2. The average molecular weight is 582 g/mol. The van der Waals surface area contributed by atoms with Gasteiger partial charge in [0.05, 0.1) is 25.0 Å². The number of fused-ring (bicyclic) bond motifs is 1. The third-order valence-corrected chi connectivity index (χ3v) is 8.53. The Labute approximate surface area is 239 Å². The van der Waals surface area contributed by atoms with E-state index >= 15 is 0 Å². The number of benzene rings is 1. The molecule has 1 aromatic carbocycles. The number of rotatable bonds is 5. The van der Waals surface area contributed by atoms with E-state index in [4.69, 9.17) is 16.2 Å². The number of nitrogens with one attached hydrogen (secondary N) is 5. The van der Waals surface area contributed by atoms with Crippen LogP contribution in [0.4, 0.5) is 0 Å². The van der Waals surface area contributed by atoms with Gasteiger partial charge in [0.25, 0.3) is 23.0 Å². The smallest absolute Gasteiger partial charge is 0.343 e. The molecule has 1 saturated heterocycles. The predicted molar refractivity (Wildman–Crippen MR) is 147 cm³/mol. The van der Waals surface area contributed by atoms with Crippen LogP contribution in [0.3, 0.4) is 0 Å². The molecule has 5 heterocycles. The predicted octanol–water partition coefficient (Wildman–Crippen LogP) is -4.88. The number of hydrogen-bond acceptors (Lipinski definition) is 12. The molecule has 16 nitrogen and oxygen atoms in total. The summed E-state index contributed by atoms with van der Waals surface area (Å²) in [5.41, 5.74) is 11.0. The van der Waals surface area contributed by atoms with Crippen molar-refractivity contribution >= 4 is 23.7 Å². The standard InChI is InChI=1S/C26H32N10O6/c1-24(2)6-7-42-18-12(4-3-5-13(18)24)20(38)33-16-10-36-23(28)32-15(9-29-21(39)14-8-17(37)31-11-30-14)19-25(36,26(16,40)41)35-22(27)34-19/h3-5,8,11,15-16,19,40-41H,6-7,9-10H2,1-2H3,(H2,28,32)(H,29,39)(H,33,38)(H3,27,34,35)(H,30,31,37)/p+1/t15-,16?,19-,25?/m0/s1. The van der Waals surface area contributed by atoms with E-state index in [0.29, 0.717) is 12.4 Å². The molecular weight excluding hydrogens is 548 g/mol. The number of carbonyl (C=O) groups excluding carboxylic acids is 2. The molecule has 1 spiro atoms. The Bertz CT molecular complexity index is 1590. The van der Waals surface area contributed by atoms with Crippen LogP contribution in [0, 0.1) is 0 Å². The summed E-state index contributed by atoms with van der Waals surface area (Å²) >= 11 is 0. The highest BCUT2D eigenvalue weighted by Crippen LogP contribution is 2.43. The molecule has 42 heavy (non-hydrogen) atoms. The summed E-state index contributed by atoms with van der Waals surface area (Å²) in [6, 6.07) is 3.36. The van der Waals surface area contributed by atoms with E-state index in [1.807, 2.05) is 6.07 Å². The van der Waals surface area contributed by atoms with Gasteiger partial charge in [-0.2, -0.15) is 0 Å². The molecule has 2 amide bonds. The SMILES string of the molecule is CC1(C)CCOc2c(C(=O)NC3CN4C(N)=N[C@@H](CNC(=O)c5cc(=O)[nH]cn5)[C@@H]5[NH+]=C(N)NC54C3(O)O)cccc21. The molecule has 0 radical (unpaired) electrons. The number of nitrogens with two attached hydrogens (primary N) is 2. The maximum atomic E-state index is 13.6. The van der Waals surface area contributed by atoms with Crippen LogP contribution in [0.2, 0.25) is 0 Å². The van der Waals surface area contributed by atoms with Crippen LogP contribution in [0.1, 0.15) is 46.7 Å². The molecule has 0 aliphatic carbocycles. The molecule has 4 aliphatic rings. The highest BCUT2D eigenvalue weighted by molar-refractivity contribution is 5.98. The van der Waals surface area contributed by atoms with E-state index in [9.17, 15) is 24.6 Å². The molecular formula is C26H33N10O6+. The van der Waals surface area contributed by atoms with Crippen molar-refractivity contribution in [3.8, 4) is 5.75 Å². The van der Waals surface area contributed by atoms with Crippen molar-refractivity contribution in [1.82, 2.24) is 30.8 Å². The first kappa shape index (κ1) is 27.5. The number of aliphatic hydroxyl groups is 2. The lowest BCUT2D eigenvalue weighted by molar-refractivity contribution is -0.521. The molecule has 11 N–H and O–H groups in total.